The third-order valence-corrected chi connectivity index (χ3v) is 2.46. The Morgan fingerprint density at radius 3 is 2.53 bits per heavy atom. The van der Waals surface area contributed by atoms with Crippen LogP contribution >= 0.6 is 0 Å². The Bertz CT molecular complexity index is 375. The summed E-state index contributed by atoms with van der Waals surface area (Å²) < 4.78 is 10.1. The highest BCUT2D eigenvalue weighted by Gasteiger charge is 2.09. The van der Waals surface area contributed by atoms with E-state index in [1.54, 1.807) is 7.11 Å². The fourth-order valence-corrected chi connectivity index (χ4v) is 1.42. The lowest BCUT2D eigenvalue weighted by Gasteiger charge is -2.14. The minimum Gasteiger partial charge on any atom is -0.467 e. The highest BCUT2D eigenvalue weighted by atomic mass is 16.5. The number of ether oxygens (including phenoxy) is 2. The van der Waals surface area contributed by atoms with E-state index in [1.807, 2.05) is 0 Å². The van der Waals surface area contributed by atoms with Gasteiger partial charge in [-0.15, -0.1) is 0 Å². The van der Waals surface area contributed by atoms with Gasteiger partial charge in [0.2, 0.25) is 11.9 Å². The molecule has 0 aliphatic rings. The second-order valence-electron chi connectivity index (χ2n) is 4.22. The Kier molecular flexibility index (Phi) is 6.88. The van der Waals surface area contributed by atoms with E-state index in [9.17, 15) is 0 Å². The van der Waals surface area contributed by atoms with Gasteiger partial charge in [-0.05, 0) is 19.8 Å². The molecule has 0 fully saturated rings. The van der Waals surface area contributed by atoms with Gasteiger partial charge >= 0.3 is 6.01 Å². The van der Waals surface area contributed by atoms with E-state index in [0.717, 1.165) is 19.4 Å². The van der Waals surface area contributed by atoms with Crippen LogP contribution in [0, 0.1) is 0 Å². The molecule has 2 N–H and O–H groups in total. The molecule has 0 saturated heterocycles. The van der Waals surface area contributed by atoms with Crippen molar-refractivity contribution in [2.45, 2.75) is 32.7 Å². The van der Waals surface area contributed by atoms with Crippen LogP contribution < -0.4 is 15.4 Å². The number of anilines is 2. The molecule has 1 unspecified atom stereocenters. The molecule has 1 atom stereocenters. The molecule has 1 heterocycles. The number of hydrogen-bond acceptors (Lipinski definition) is 7. The van der Waals surface area contributed by atoms with Crippen molar-refractivity contribution in [3.05, 3.63) is 0 Å². The molecule has 0 spiro atoms. The SMILES string of the molecule is CCCNc1nc(NC(C)CCOC)nc(OC)n1. The lowest BCUT2D eigenvalue weighted by Crippen LogP contribution is -2.20. The van der Waals surface area contributed by atoms with E-state index in [2.05, 4.69) is 39.4 Å². The van der Waals surface area contributed by atoms with Crippen molar-refractivity contribution in [3.63, 3.8) is 0 Å². The van der Waals surface area contributed by atoms with Crippen molar-refractivity contribution < 1.29 is 9.47 Å². The van der Waals surface area contributed by atoms with Crippen molar-refractivity contribution in [2.24, 2.45) is 0 Å². The van der Waals surface area contributed by atoms with Crippen molar-refractivity contribution in [1.29, 1.82) is 0 Å². The van der Waals surface area contributed by atoms with E-state index in [1.165, 1.54) is 7.11 Å². The molecule has 1 aromatic rings. The highest BCUT2D eigenvalue weighted by Crippen LogP contribution is 2.12. The smallest absolute Gasteiger partial charge is 0.322 e. The molecule has 108 valence electrons. The zero-order chi connectivity index (χ0) is 14.1. The molecular formula is C12H23N5O2. The summed E-state index contributed by atoms with van der Waals surface area (Å²) in [6.45, 7) is 5.63. The van der Waals surface area contributed by atoms with Gasteiger partial charge in [0, 0.05) is 26.3 Å². The van der Waals surface area contributed by atoms with Crippen LogP contribution in [0.25, 0.3) is 0 Å². The first-order valence-electron chi connectivity index (χ1n) is 6.49. The van der Waals surface area contributed by atoms with E-state index in [4.69, 9.17) is 9.47 Å². The van der Waals surface area contributed by atoms with Gasteiger partial charge in [0.25, 0.3) is 0 Å². The van der Waals surface area contributed by atoms with Crippen LogP contribution in [0.2, 0.25) is 0 Å². The molecule has 1 aromatic heterocycles. The minimum absolute atomic E-state index is 0.214. The minimum atomic E-state index is 0.214. The lowest BCUT2D eigenvalue weighted by atomic mass is 10.2. The maximum Gasteiger partial charge on any atom is 0.322 e. The Labute approximate surface area is 114 Å². The predicted octanol–water partition coefficient (Wildman–Crippen LogP) is 1.54. The highest BCUT2D eigenvalue weighted by molar-refractivity contribution is 5.36. The third kappa shape index (κ3) is 5.69. The molecular weight excluding hydrogens is 246 g/mol. The molecule has 7 heteroatoms. The van der Waals surface area contributed by atoms with Gasteiger partial charge in [-0.2, -0.15) is 15.0 Å². The predicted molar refractivity (Wildman–Crippen MR) is 74.7 cm³/mol. The molecule has 0 radical (unpaired) electrons. The Hall–Kier alpha value is -1.63. The first-order valence-corrected chi connectivity index (χ1v) is 6.49. The van der Waals surface area contributed by atoms with Gasteiger partial charge in [-0.3, -0.25) is 0 Å². The molecule has 0 aliphatic heterocycles. The van der Waals surface area contributed by atoms with Gasteiger partial charge in [0.15, 0.2) is 0 Å². The van der Waals surface area contributed by atoms with Crippen LogP contribution in [0.15, 0.2) is 0 Å². The maximum absolute atomic E-state index is 5.07. The fraction of sp³-hybridized carbons (Fsp3) is 0.750. The summed E-state index contributed by atoms with van der Waals surface area (Å²) in [5.41, 5.74) is 0. The fourth-order valence-electron chi connectivity index (χ4n) is 1.42. The first-order chi connectivity index (χ1) is 9.19. The van der Waals surface area contributed by atoms with E-state index >= 15 is 0 Å². The van der Waals surface area contributed by atoms with Gasteiger partial charge < -0.3 is 20.1 Å². The number of hydrogen-bond donors (Lipinski definition) is 2. The van der Waals surface area contributed by atoms with Crippen LogP contribution in [0.4, 0.5) is 11.9 Å². The lowest BCUT2D eigenvalue weighted by molar-refractivity contribution is 0.191. The molecule has 0 saturated carbocycles. The number of nitrogens with zero attached hydrogens (tertiary/aromatic N) is 3. The molecule has 7 nitrogen and oxygen atoms in total. The molecule has 1 rings (SSSR count). The average Bonchev–Trinajstić information content (AvgIpc) is 2.42. The summed E-state index contributed by atoms with van der Waals surface area (Å²) >= 11 is 0. The number of rotatable bonds is 9. The standard InChI is InChI=1S/C12H23N5O2/c1-5-7-13-10-15-11(17-12(16-10)19-4)14-9(2)6-8-18-3/h9H,5-8H2,1-4H3,(H2,13,14,15,16,17). The van der Waals surface area contributed by atoms with Crippen molar-refractivity contribution in [1.82, 2.24) is 15.0 Å². The summed E-state index contributed by atoms with van der Waals surface area (Å²) in [6, 6.07) is 0.515. The average molecular weight is 269 g/mol. The van der Waals surface area contributed by atoms with Crippen molar-refractivity contribution in [3.8, 4) is 6.01 Å². The van der Waals surface area contributed by atoms with Gasteiger partial charge in [0.05, 0.1) is 7.11 Å². The van der Waals surface area contributed by atoms with Gasteiger partial charge in [0.1, 0.15) is 0 Å². The molecule has 0 amide bonds. The first kappa shape index (κ1) is 15.4. The van der Waals surface area contributed by atoms with E-state index in [-0.39, 0.29) is 6.04 Å². The van der Waals surface area contributed by atoms with Crippen LogP contribution in [0.3, 0.4) is 0 Å². The van der Waals surface area contributed by atoms with E-state index < -0.39 is 0 Å². The second-order valence-corrected chi connectivity index (χ2v) is 4.22. The Morgan fingerprint density at radius 1 is 1.16 bits per heavy atom. The van der Waals surface area contributed by atoms with Crippen LogP contribution in [-0.2, 0) is 4.74 Å². The third-order valence-electron chi connectivity index (χ3n) is 2.46. The largest absolute Gasteiger partial charge is 0.467 e. The second kappa shape index (κ2) is 8.47. The maximum atomic E-state index is 5.07. The number of methoxy groups -OCH3 is 2. The summed E-state index contributed by atoms with van der Waals surface area (Å²) in [5.74, 6) is 1.03. The molecule has 19 heavy (non-hydrogen) atoms. The van der Waals surface area contributed by atoms with E-state index in [0.29, 0.717) is 24.5 Å². The number of aromatic nitrogens is 3. The summed E-state index contributed by atoms with van der Waals surface area (Å²) in [5, 5.41) is 6.32. The molecule has 0 aromatic carbocycles. The monoisotopic (exact) mass is 269 g/mol. The molecule has 0 bridgehead atoms. The normalized spacial score (nSPS) is 12.0. The quantitative estimate of drug-likeness (QED) is 0.703. The van der Waals surface area contributed by atoms with Crippen molar-refractivity contribution >= 4 is 11.9 Å². The summed E-state index contributed by atoms with van der Waals surface area (Å²) in [6.07, 6.45) is 1.88. The number of nitrogens with one attached hydrogen (secondary N) is 2. The van der Waals surface area contributed by atoms with Gasteiger partial charge in [-0.25, -0.2) is 0 Å². The van der Waals surface area contributed by atoms with Gasteiger partial charge in [-0.1, -0.05) is 6.92 Å². The summed E-state index contributed by atoms with van der Waals surface area (Å²) in [4.78, 5) is 12.6. The van der Waals surface area contributed by atoms with Crippen molar-refractivity contribution in [2.75, 3.05) is 38.0 Å². The summed E-state index contributed by atoms with van der Waals surface area (Å²) in [7, 11) is 3.22. The zero-order valence-electron chi connectivity index (χ0n) is 12.1. The van der Waals surface area contributed by atoms with Crippen LogP contribution in [-0.4, -0.2) is 48.4 Å². The Balaban J connectivity index is 2.69. The zero-order valence-corrected chi connectivity index (χ0v) is 12.1. The molecule has 0 aliphatic carbocycles. The van der Waals surface area contributed by atoms with Crippen LogP contribution in [0.1, 0.15) is 26.7 Å². The van der Waals surface area contributed by atoms with Crippen LogP contribution in [0.5, 0.6) is 6.01 Å². The Morgan fingerprint density at radius 2 is 1.89 bits per heavy atom. The topological polar surface area (TPSA) is 81.2 Å².